The number of aromatic amines is 1. The zero-order valence-electron chi connectivity index (χ0n) is 19.3. The molecule has 4 rings (SSSR count). The van der Waals surface area contributed by atoms with Crippen molar-refractivity contribution in [3.8, 4) is 16.9 Å². The number of ether oxygens (including phenoxy) is 1. The van der Waals surface area contributed by atoms with Crippen LogP contribution >= 0.6 is 11.6 Å². The molecule has 1 aromatic heterocycles. The van der Waals surface area contributed by atoms with Crippen molar-refractivity contribution in [2.75, 3.05) is 7.11 Å². The van der Waals surface area contributed by atoms with E-state index in [4.69, 9.17) is 20.8 Å². The summed E-state index contributed by atoms with van der Waals surface area (Å²) in [6.45, 7) is 3.82. The Hall–Kier alpha value is -3.40. The van der Waals surface area contributed by atoms with Crippen LogP contribution in [0.4, 0.5) is 0 Å². The Labute approximate surface area is 208 Å². The van der Waals surface area contributed by atoms with Crippen molar-refractivity contribution < 1.29 is 17.6 Å². The molecule has 3 aromatic carbocycles. The molecular weight excluding hydrogens is 490 g/mol. The minimum Gasteiger partial charge on any atom is -0.495 e. The molecule has 0 amide bonds. The molecule has 4 aromatic rings. The molecule has 0 radical (unpaired) electrons. The second-order valence-electron chi connectivity index (χ2n) is 8.02. The second-order valence-corrected chi connectivity index (χ2v) is 10.1. The van der Waals surface area contributed by atoms with E-state index in [0.29, 0.717) is 5.02 Å². The van der Waals surface area contributed by atoms with Crippen molar-refractivity contribution in [3.05, 3.63) is 99.3 Å². The van der Waals surface area contributed by atoms with Gasteiger partial charge in [-0.1, -0.05) is 67.1 Å². The number of sulfonamides is 1. The van der Waals surface area contributed by atoms with E-state index >= 15 is 0 Å². The molecule has 0 aliphatic heterocycles. The van der Waals surface area contributed by atoms with Gasteiger partial charge in [-0.05, 0) is 41.3 Å². The highest BCUT2D eigenvalue weighted by atomic mass is 35.5. The van der Waals surface area contributed by atoms with E-state index in [-0.39, 0.29) is 16.5 Å². The molecule has 0 bridgehead atoms. The van der Waals surface area contributed by atoms with Gasteiger partial charge >= 0.3 is 5.76 Å². The van der Waals surface area contributed by atoms with Crippen LogP contribution in [-0.2, 0) is 10.0 Å². The molecular formula is C25H24ClN3O5S. The van der Waals surface area contributed by atoms with Crippen molar-refractivity contribution in [3.63, 3.8) is 0 Å². The van der Waals surface area contributed by atoms with Crippen LogP contribution in [-0.4, -0.2) is 25.7 Å². The lowest BCUT2D eigenvalue weighted by atomic mass is 9.86. The van der Waals surface area contributed by atoms with Gasteiger partial charge in [-0.25, -0.2) is 18.3 Å². The van der Waals surface area contributed by atoms with Gasteiger partial charge in [0.25, 0.3) is 0 Å². The lowest BCUT2D eigenvalue weighted by molar-refractivity contribution is 0.378. The third-order valence-electron chi connectivity index (χ3n) is 5.87. The molecule has 0 saturated carbocycles. The minimum absolute atomic E-state index is 0.0801. The van der Waals surface area contributed by atoms with Crippen molar-refractivity contribution in [2.24, 2.45) is 0 Å². The highest BCUT2D eigenvalue weighted by Crippen LogP contribution is 2.37. The molecule has 2 unspecified atom stereocenters. The summed E-state index contributed by atoms with van der Waals surface area (Å²) in [5.74, 6) is -1.24. The largest absolute Gasteiger partial charge is 0.495 e. The maximum atomic E-state index is 13.4. The lowest BCUT2D eigenvalue weighted by Crippen LogP contribution is -2.32. The summed E-state index contributed by atoms with van der Waals surface area (Å²) in [5, 5.41) is 6.47. The number of hydrogen-bond acceptors (Lipinski definition) is 6. The Morgan fingerprint density at radius 1 is 1.09 bits per heavy atom. The molecule has 2 N–H and O–H groups in total. The first kappa shape index (κ1) is 24.7. The fourth-order valence-corrected chi connectivity index (χ4v) is 5.67. The first-order valence-electron chi connectivity index (χ1n) is 10.8. The van der Waals surface area contributed by atoms with Gasteiger partial charge in [0.05, 0.1) is 7.11 Å². The highest BCUT2D eigenvalue weighted by molar-refractivity contribution is 7.89. The van der Waals surface area contributed by atoms with Gasteiger partial charge in [-0.2, -0.15) is 4.72 Å². The van der Waals surface area contributed by atoms with Gasteiger partial charge in [0.1, 0.15) is 16.7 Å². The van der Waals surface area contributed by atoms with Gasteiger partial charge in [0.2, 0.25) is 15.9 Å². The minimum atomic E-state index is -4.14. The average Bonchev–Trinajstić information content (AvgIpc) is 3.28. The average molecular weight is 514 g/mol. The molecule has 10 heteroatoms. The first-order valence-corrected chi connectivity index (χ1v) is 12.6. The molecule has 0 aliphatic carbocycles. The van der Waals surface area contributed by atoms with Gasteiger partial charge in [-0.15, -0.1) is 5.10 Å². The van der Waals surface area contributed by atoms with Gasteiger partial charge in [-0.3, -0.25) is 0 Å². The van der Waals surface area contributed by atoms with Crippen LogP contribution in [0, 0.1) is 6.92 Å². The Bertz CT molecular complexity index is 1500. The predicted molar refractivity (Wildman–Crippen MR) is 133 cm³/mol. The number of benzene rings is 3. The molecule has 182 valence electrons. The second kappa shape index (κ2) is 10.1. The monoisotopic (exact) mass is 513 g/mol. The van der Waals surface area contributed by atoms with E-state index in [0.717, 1.165) is 22.3 Å². The Balaban J connectivity index is 1.78. The topological polar surface area (TPSA) is 114 Å². The summed E-state index contributed by atoms with van der Waals surface area (Å²) in [4.78, 5) is 11.6. The summed E-state index contributed by atoms with van der Waals surface area (Å²) < 4.78 is 39.9. The molecule has 1 heterocycles. The zero-order chi connectivity index (χ0) is 25.2. The first-order chi connectivity index (χ1) is 16.7. The van der Waals surface area contributed by atoms with Crippen LogP contribution in [0.3, 0.4) is 0 Å². The molecule has 0 fully saturated rings. The summed E-state index contributed by atoms with van der Waals surface area (Å²) in [6.07, 6.45) is 0. The maximum absolute atomic E-state index is 13.4. The van der Waals surface area contributed by atoms with Crippen molar-refractivity contribution in [2.45, 2.75) is 30.7 Å². The number of H-pyrrole nitrogens is 1. The van der Waals surface area contributed by atoms with E-state index in [2.05, 4.69) is 14.9 Å². The van der Waals surface area contributed by atoms with Crippen molar-refractivity contribution in [1.82, 2.24) is 14.9 Å². The Kier molecular flexibility index (Phi) is 7.11. The van der Waals surface area contributed by atoms with Crippen LogP contribution in [0.15, 0.2) is 80.8 Å². The number of aromatic nitrogens is 2. The molecule has 0 saturated heterocycles. The summed E-state index contributed by atoms with van der Waals surface area (Å²) in [5.41, 5.74) is 3.89. The van der Waals surface area contributed by atoms with Crippen molar-refractivity contribution >= 4 is 21.6 Å². The summed E-state index contributed by atoms with van der Waals surface area (Å²) >= 11 is 6.00. The van der Waals surface area contributed by atoms with Crippen LogP contribution < -0.4 is 15.2 Å². The van der Waals surface area contributed by atoms with Crippen LogP contribution in [0.2, 0.25) is 5.02 Å². The van der Waals surface area contributed by atoms with E-state index in [9.17, 15) is 13.2 Å². The Morgan fingerprint density at radius 2 is 1.83 bits per heavy atom. The summed E-state index contributed by atoms with van der Waals surface area (Å²) in [7, 11) is -2.78. The number of rotatable bonds is 8. The molecule has 0 spiro atoms. The molecule has 8 nitrogen and oxygen atoms in total. The van der Waals surface area contributed by atoms with Gasteiger partial charge < -0.3 is 9.15 Å². The third-order valence-corrected chi connectivity index (χ3v) is 7.58. The SMILES string of the molecule is COc1cc(Cl)ccc1S(=O)(=O)NC(c1n[nH]c(=O)o1)C(C)c1cccc(-c2ccccc2)c1C. The van der Waals surface area contributed by atoms with Crippen LogP contribution in [0.25, 0.3) is 11.1 Å². The highest BCUT2D eigenvalue weighted by Gasteiger charge is 2.33. The summed E-state index contributed by atoms with van der Waals surface area (Å²) in [6, 6.07) is 18.9. The zero-order valence-corrected chi connectivity index (χ0v) is 20.9. The lowest BCUT2D eigenvalue weighted by Gasteiger charge is -2.25. The number of hydrogen-bond donors (Lipinski definition) is 2. The van der Waals surface area contributed by atoms with Gasteiger partial charge in [0.15, 0.2) is 0 Å². The number of halogens is 1. The quantitative estimate of drug-likeness (QED) is 0.349. The maximum Gasteiger partial charge on any atom is 0.434 e. The van der Waals surface area contributed by atoms with E-state index in [1.54, 1.807) is 0 Å². The molecule has 2 atom stereocenters. The van der Waals surface area contributed by atoms with E-state index < -0.39 is 27.7 Å². The normalized spacial score (nSPS) is 13.4. The standard InChI is InChI=1S/C25H24ClN3O5S/c1-15-19(10-7-11-20(15)17-8-5-4-6-9-17)16(2)23(24-27-28-25(30)34-24)29-35(31,32)22-13-12-18(26)14-21(22)33-3/h4-14,16,23,29H,1-3H3,(H,28,30). The van der Waals surface area contributed by atoms with Crippen LogP contribution in [0.1, 0.15) is 35.9 Å². The smallest absolute Gasteiger partial charge is 0.434 e. The van der Waals surface area contributed by atoms with Crippen LogP contribution in [0.5, 0.6) is 5.75 Å². The third kappa shape index (κ3) is 5.17. The predicted octanol–water partition coefficient (Wildman–Crippen LogP) is 4.82. The molecule has 0 aliphatic rings. The van der Waals surface area contributed by atoms with E-state index in [1.807, 2.05) is 62.4 Å². The number of nitrogens with one attached hydrogen (secondary N) is 2. The fraction of sp³-hybridized carbons (Fsp3) is 0.200. The van der Waals surface area contributed by atoms with Crippen molar-refractivity contribution in [1.29, 1.82) is 0 Å². The number of methoxy groups -OCH3 is 1. The Morgan fingerprint density at radius 3 is 2.49 bits per heavy atom. The van der Waals surface area contributed by atoms with E-state index in [1.165, 1.54) is 25.3 Å². The van der Waals surface area contributed by atoms with Gasteiger partial charge in [0, 0.05) is 17.0 Å². The number of nitrogens with zero attached hydrogens (tertiary/aromatic N) is 1. The fourth-order valence-electron chi connectivity index (χ4n) is 4.09. The molecule has 35 heavy (non-hydrogen) atoms.